The minimum absolute atomic E-state index is 0.432. The monoisotopic (exact) mass is 411 g/mol. The van der Waals surface area contributed by atoms with Crippen molar-refractivity contribution in [1.82, 2.24) is 15.0 Å². The van der Waals surface area contributed by atoms with E-state index in [0.717, 1.165) is 34.3 Å². The van der Waals surface area contributed by atoms with E-state index in [2.05, 4.69) is 34.2 Å². The van der Waals surface area contributed by atoms with E-state index in [0.29, 0.717) is 30.1 Å². The van der Waals surface area contributed by atoms with Crippen molar-refractivity contribution in [2.75, 3.05) is 6.61 Å². The molecular weight excluding hydrogens is 386 g/mol. The van der Waals surface area contributed by atoms with Crippen LogP contribution in [0, 0.1) is 12.8 Å². The van der Waals surface area contributed by atoms with E-state index in [-0.39, 0.29) is 0 Å². The lowest BCUT2D eigenvalue weighted by atomic mass is 10.0. The van der Waals surface area contributed by atoms with Crippen molar-refractivity contribution in [3.05, 3.63) is 83.9 Å². The SMILES string of the molecule is Cc1ncc(-c2ccc(C(C)O)cc2)c(OC[C@H]2C[C@@H]2c2ccc3ccccc3n2)n1. The second-order valence-corrected chi connectivity index (χ2v) is 8.28. The average molecular weight is 412 g/mol. The molecule has 2 heterocycles. The highest BCUT2D eigenvalue weighted by molar-refractivity contribution is 5.78. The fraction of sp³-hybridized carbons (Fsp3) is 0.269. The van der Waals surface area contributed by atoms with E-state index in [1.807, 2.05) is 49.5 Å². The number of nitrogens with zero attached hydrogens (tertiary/aromatic N) is 3. The van der Waals surface area contributed by atoms with E-state index in [4.69, 9.17) is 9.72 Å². The van der Waals surface area contributed by atoms with Gasteiger partial charge in [-0.3, -0.25) is 4.98 Å². The molecule has 1 fully saturated rings. The van der Waals surface area contributed by atoms with Gasteiger partial charge in [-0.25, -0.2) is 4.98 Å². The molecule has 2 aromatic heterocycles. The highest BCUT2D eigenvalue weighted by Gasteiger charge is 2.40. The summed E-state index contributed by atoms with van der Waals surface area (Å²) in [7, 11) is 0. The van der Waals surface area contributed by atoms with Crippen molar-refractivity contribution in [1.29, 1.82) is 0 Å². The number of rotatable bonds is 6. The zero-order chi connectivity index (χ0) is 21.4. The largest absolute Gasteiger partial charge is 0.477 e. The molecule has 0 spiro atoms. The van der Waals surface area contributed by atoms with Crippen LogP contribution >= 0.6 is 0 Å². The summed E-state index contributed by atoms with van der Waals surface area (Å²) < 4.78 is 6.18. The molecule has 2 aromatic carbocycles. The summed E-state index contributed by atoms with van der Waals surface area (Å²) >= 11 is 0. The maximum Gasteiger partial charge on any atom is 0.224 e. The van der Waals surface area contributed by atoms with Crippen LogP contribution in [0.5, 0.6) is 5.88 Å². The summed E-state index contributed by atoms with van der Waals surface area (Å²) in [6.07, 6.45) is 2.40. The van der Waals surface area contributed by atoms with Gasteiger partial charge in [0.15, 0.2) is 0 Å². The number of pyridine rings is 1. The van der Waals surface area contributed by atoms with Gasteiger partial charge in [-0.05, 0) is 43.5 Å². The lowest BCUT2D eigenvalue weighted by molar-refractivity contribution is 0.199. The molecule has 5 nitrogen and oxygen atoms in total. The van der Waals surface area contributed by atoms with E-state index < -0.39 is 6.10 Å². The van der Waals surface area contributed by atoms with E-state index in [1.165, 1.54) is 5.39 Å². The molecular formula is C26H25N3O2. The first-order valence-corrected chi connectivity index (χ1v) is 10.7. The van der Waals surface area contributed by atoms with Gasteiger partial charge < -0.3 is 9.84 Å². The molecule has 3 atom stereocenters. The van der Waals surface area contributed by atoms with Gasteiger partial charge >= 0.3 is 0 Å². The molecule has 0 bridgehead atoms. The number of ether oxygens (including phenoxy) is 1. The van der Waals surface area contributed by atoms with Crippen LogP contribution in [0.3, 0.4) is 0 Å². The molecule has 1 aliphatic rings. The van der Waals surface area contributed by atoms with Crippen molar-refractivity contribution >= 4 is 10.9 Å². The standard InChI is InChI=1S/C26H25N3O2/c1-16(30)18-7-9-19(10-8-18)23-14-27-17(2)28-26(23)31-15-21-13-22(21)25-12-11-20-5-3-4-6-24(20)29-25/h3-12,14,16,21-22,30H,13,15H2,1-2H3/t16?,21-,22+/m1/s1. The van der Waals surface area contributed by atoms with Gasteiger partial charge in [0, 0.05) is 29.1 Å². The van der Waals surface area contributed by atoms with Gasteiger partial charge in [0.05, 0.1) is 23.8 Å². The fourth-order valence-electron chi connectivity index (χ4n) is 3.97. The van der Waals surface area contributed by atoms with E-state index >= 15 is 0 Å². The number of para-hydroxylation sites is 1. The van der Waals surface area contributed by atoms with Gasteiger partial charge in [-0.15, -0.1) is 0 Å². The molecule has 5 heteroatoms. The zero-order valence-electron chi connectivity index (χ0n) is 17.7. The zero-order valence-corrected chi connectivity index (χ0v) is 17.7. The van der Waals surface area contributed by atoms with Crippen molar-refractivity contribution in [3.63, 3.8) is 0 Å². The molecule has 5 rings (SSSR count). The molecule has 31 heavy (non-hydrogen) atoms. The molecule has 0 saturated heterocycles. The van der Waals surface area contributed by atoms with Gasteiger partial charge in [-0.1, -0.05) is 48.5 Å². The number of aryl methyl sites for hydroxylation is 1. The lowest BCUT2D eigenvalue weighted by Crippen LogP contribution is -2.05. The summed E-state index contributed by atoms with van der Waals surface area (Å²) in [5.74, 6) is 2.16. The Morgan fingerprint density at radius 2 is 1.84 bits per heavy atom. The van der Waals surface area contributed by atoms with Crippen molar-refractivity contribution < 1.29 is 9.84 Å². The smallest absolute Gasteiger partial charge is 0.224 e. The quantitative estimate of drug-likeness (QED) is 0.470. The van der Waals surface area contributed by atoms with Gasteiger partial charge in [0.1, 0.15) is 5.82 Å². The molecule has 4 aromatic rings. The first-order chi connectivity index (χ1) is 15.1. The molecule has 156 valence electrons. The van der Waals surface area contributed by atoms with Crippen molar-refractivity contribution in [2.45, 2.75) is 32.3 Å². The normalized spacial score (nSPS) is 18.7. The minimum Gasteiger partial charge on any atom is -0.477 e. The van der Waals surface area contributed by atoms with Crippen LogP contribution in [0.2, 0.25) is 0 Å². The number of hydrogen-bond acceptors (Lipinski definition) is 5. The third-order valence-corrected chi connectivity index (χ3v) is 5.93. The number of aliphatic hydroxyl groups is 1. The Morgan fingerprint density at radius 1 is 1.03 bits per heavy atom. The predicted molar refractivity (Wildman–Crippen MR) is 121 cm³/mol. The third-order valence-electron chi connectivity index (χ3n) is 5.93. The maximum atomic E-state index is 9.75. The summed E-state index contributed by atoms with van der Waals surface area (Å²) in [4.78, 5) is 13.7. The van der Waals surface area contributed by atoms with Crippen molar-refractivity contribution in [3.8, 4) is 17.0 Å². The number of fused-ring (bicyclic) bond motifs is 1. The Balaban J connectivity index is 1.31. The van der Waals surface area contributed by atoms with Crippen LogP contribution in [0.1, 0.15) is 42.4 Å². The summed E-state index contributed by atoms with van der Waals surface area (Å²) in [5.41, 5.74) is 4.90. The highest BCUT2D eigenvalue weighted by Crippen LogP contribution is 2.47. The molecule has 0 amide bonds. The second-order valence-electron chi connectivity index (χ2n) is 8.28. The molecule has 1 aliphatic carbocycles. The lowest BCUT2D eigenvalue weighted by Gasteiger charge is -2.12. The average Bonchev–Trinajstić information content (AvgIpc) is 3.57. The second kappa shape index (κ2) is 8.08. The van der Waals surface area contributed by atoms with E-state index in [1.54, 1.807) is 6.92 Å². The summed E-state index contributed by atoms with van der Waals surface area (Å²) in [5, 5.41) is 10.9. The maximum absolute atomic E-state index is 9.75. The van der Waals surface area contributed by atoms with Gasteiger partial charge in [-0.2, -0.15) is 4.98 Å². The minimum atomic E-state index is -0.491. The van der Waals surface area contributed by atoms with Crippen LogP contribution < -0.4 is 4.74 Å². The summed E-state index contributed by atoms with van der Waals surface area (Å²) in [6, 6.07) is 20.3. The molecule has 0 aliphatic heterocycles. The van der Waals surface area contributed by atoms with Crippen LogP contribution in [0.15, 0.2) is 66.9 Å². The van der Waals surface area contributed by atoms with Gasteiger partial charge in [0.2, 0.25) is 5.88 Å². The van der Waals surface area contributed by atoms with Gasteiger partial charge in [0.25, 0.3) is 0 Å². The highest BCUT2D eigenvalue weighted by atomic mass is 16.5. The number of hydrogen-bond donors (Lipinski definition) is 1. The molecule has 1 unspecified atom stereocenters. The first-order valence-electron chi connectivity index (χ1n) is 10.7. The van der Waals surface area contributed by atoms with Crippen LogP contribution in [0.25, 0.3) is 22.0 Å². The Morgan fingerprint density at radius 3 is 2.65 bits per heavy atom. The summed E-state index contributed by atoms with van der Waals surface area (Å²) in [6.45, 7) is 4.23. The first kappa shape index (κ1) is 19.6. The molecule has 1 N–H and O–H groups in total. The number of benzene rings is 2. The van der Waals surface area contributed by atoms with E-state index in [9.17, 15) is 5.11 Å². The Kier molecular flexibility index (Phi) is 5.12. The van der Waals surface area contributed by atoms with Crippen molar-refractivity contribution in [2.24, 2.45) is 5.92 Å². The molecule has 0 radical (unpaired) electrons. The predicted octanol–water partition coefficient (Wildman–Crippen LogP) is 5.24. The van der Waals surface area contributed by atoms with Crippen LogP contribution in [-0.2, 0) is 0 Å². The molecule has 1 saturated carbocycles. The topological polar surface area (TPSA) is 68.1 Å². The van der Waals surface area contributed by atoms with Crippen LogP contribution in [0.4, 0.5) is 0 Å². The fourth-order valence-corrected chi connectivity index (χ4v) is 3.97. The number of aliphatic hydroxyl groups excluding tert-OH is 1. The third kappa shape index (κ3) is 4.14. The Labute approximate surface area is 181 Å². The Hall–Kier alpha value is -3.31. The Bertz CT molecular complexity index is 1220. The van der Waals surface area contributed by atoms with Crippen LogP contribution in [-0.4, -0.2) is 26.7 Å². The number of aromatic nitrogens is 3.